The fraction of sp³-hybridized carbons (Fsp3) is 0.882. The number of hydrogen-bond acceptors (Lipinski definition) is 4. The number of rotatable bonds is 3. The van der Waals surface area contributed by atoms with Crippen LogP contribution in [0.2, 0.25) is 0 Å². The molecule has 3 atom stereocenters. The predicted octanol–water partition coefficient (Wildman–Crippen LogP) is 3.05. The number of carboxylic acids is 1. The van der Waals surface area contributed by atoms with Gasteiger partial charge in [-0.1, -0.05) is 0 Å². The molecular formula is C17H29NO5. The van der Waals surface area contributed by atoms with Gasteiger partial charge in [0, 0.05) is 13.1 Å². The molecule has 6 nitrogen and oxygen atoms in total. The number of ether oxygens (including phenoxy) is 2. The molecule has 0 aliphatic carbocycles. The minimum atomic E-state index is -0.927. The summed E-state index contributed by atoms with van der Waals surface area (Å²) in [5.41, 5.74) is -1.51. The summed E-state index contributed by atoms with van der Waals surface area (Å²) in [6.07, 6.45) is 3.31. The van der Waals surface area contributed by atoms with E-state index in [-0.39, 0.29) is 18.8 Å². The average molecular weight is 327 g/mol. The Morgan fingerprint density at radius 3 is 2.57 bits per heavy atom. The van der Waals surface area contributed by atoms with Crippen LogP contribution in [0.4, 0.5) is 4.79 Å². The molecule has 6 heteroatoms. The van der Waals surface area contributed by atoms with Gasteiger partial charge in [0.2, 0.25) is 0 Å². The SMILES string of the molecule is CC1CCC(CC2(C(=O)O)CCCN(C(=O)OC(C)(C)C)C2)O1. The molecule has 2 rings (SSSR count). The Morgan fingerprint density at radius 1 is 1.35 bits per heavy atom. The van der Waals surface area contributed by atoms with Crippen LogP contribution in [0.1, 0.15) is 59.8 Å². The van der Waals surface area contributed by atoms with Gasteiger partial charge in [-0.15, -0.1) is 0 Å². The Balaban J connectivity index is 2.07. The smallest absolute Gasteiger partial charge is 0.410 e. The lowest BCUT2D eigenvalue weighted by Gasteiger charge is -2.41. The van der Waals surface area contributed by atoms with E-state index in [2.05, 4.69) is 0 Å². The molecule has 2 saturated heterocycles. The first kappa shape index (κ1) is 18.0. The minimum Gasteiger partial charge on any atom is -0.481 e. The van der Waals surface area contributed by atoms with E-state index in [1.807, 2.05) is 27.7 Å². The van der Waals surface area contributed by atoms with Gasteiger partial charge < -0.3 is 19.5 Å². The quantitative estimate of drug-likeness (QED) is 0.862. The lowest BCUT2D eigenvalue weighted by Crippen LogP contribution is -2.52. The number of piperidine rings is 1. The van der Waals surface area contributed by atoms with Gasteiger partial charge in [0.05, 0.1) is 17.6 Å². The van der Waals surface area contributed by atoms with Gasteiger partial charge in [-0.05, 0) is 59.8 Å². The van der Waals surface area contributed by atoms with Gasteiger partial charge in [0.15, 0.2) is 0 Å². The molecule has 2 aliphatic heterocycles. The molecular weight excluding hydrogens is 298 g/mol. The van der Waals surface area contributed by atoms with Crippen molar-refractivity contribution in [2.45, 2.75) is 77.6 Å². The number of hydrogen-bond donors (Lipinski definition) is 1. The zero-order chi connectivity index (χ0) is 17.3. The summed E-state index contributed by atoms with van der Waals surface area (Å²) in [7, 11) is 0. The summed E-state index contributed by atoms with van der Waals surface area (Å²) in [4.78, 5) is 25.8. The molecule has 1 amide bonds. The van der Waals surface area contributed by atoms with Crippen LogP contribution < -0.4 is 0 Å². The molecule has 2 heterocycles. The summed E-state index contributed by atoms with van der Waals surface area (Å²) >= 11 is 0. The van der Waals surface area contributed by atoms with Gasteiger partial charge in [-0.25, -0.2) is 4.79 Å². The van der Waals surface area contributed by atoms with Crippen LogP contribution in [0.15, 0.2) is 0 Å². The second kappa shape index (κ2) is 6.67. The largest absolute Gasteiger partial charge is 0.481 e. The normalized spacial score (nSPS) is 31.9. The van der Waals surface area contributed by atoms with Crippen molar-refractivity contribution in [1.29, 1.82) is 0 Å². The van der Waals surface area contributed by atoms with Crippen molar-refractivity contribution < 1.29 is 24.2 Å². The fourth-order valence-corrected chi connectivity index (χ4v) is 3.51. The van der Waals surface area contributed by atoms with Crippen molar-refractivity contribution in [3.63, 3.8) is 0 Å². The monoisotopic (exact) mass is 327 g/mol. The van der Waals surface area contributed by atoms with Gasteiger partial charge in [-0.2, -0.15) is 0 Å². The van der Waals surface area contributed by atoms with Crippen molar-refractivity contribution in [2.75, 3.05) is 13.1 Å². The van der Waals surface area contributed by atoms with Crippen molar-refractivity contribution >= 4 is 12.1 Å². The molecule has 0 aromatic carbocycles. The Morgan fingerprint density at radius 2 is 2.04 bits per heavy atom. The molecule has 3 unspecified atom stereocenters. The standard InChI is InChI=1S/C17H29NO5/c1-12-6-7-13(22-12)10-17(14(19)20)8-5-9-18(11-17)15(21)23-16(2,3)4/h12-13H,5-11H2,1-4H3,(H,19,20). The second-order valence-electron chi connectivity index (χ2n) is 7.94. The highest BCUT2D eigenvalue weighted by Crippen LogP contribution is 2.39. The molecule has 0 radical (unpaired) electrons. The van der Waals surface area contributed by atoms with Crippen molar-refractivity contribution in [3.05, 3.63) is 0 Å². The summed E-state index contributed by atoms with van der Waals surface area (Å²) in [5, 5.41) is 9.81. The van der Waals surface area contributed by atoms with E-state index in [1.54, 1.807) is 4.90 Å². The molecule has 0 spiro atoms. The molecule has 0 bridgehead atoms. The van der Waals surface area contributed by atoms with Gasteiger partial charge in [0.25, 0.3) is 0 Å². The number of carbonyl (C=O) groups excluding carboxylic acids is 1. The van der Waals surface area contributed by atoms with Crippen LogP contribution in [0, 0.1) is 5.41 Å². The Labute approximate surface area is 138 Å². The van der Waals surface area contributed by atoms with Crippen LogP contribution in [0.5, 0.6) is 0 Å². The molecule has 23 heavy (non-hydrogen) atoms. The first-order chi connectivity index (χ1) is 10.6. The van der Waals surface area contributed by atoms with E-state index in [1.165, 1.54) is 0 Å². The van der Waals surface area contributed by atoms with Crippen LogP contribution in [0.3, 0.4) is 0 Å². The number of carboxylic acid groups (broad SMARTS) is 1. The molecule has 2 aliphatic rings. The third-order valence-corrected chi connectivity index (χ3v) is 4.62. The number of aliphatic carboxylic acids is 1. The highest BCUT2D eigenvalue weighted by molar-refractivity contribution is 5.77. The minimum absolute atomic E-state index is 0.0281. The first-order valence-corrected chi connectivity index (χ1v) is 8.48. The van der Waals surface area contributed by atoms with E-state index in [0.717, 1.165) is 12.8 Å². The number of likely N-dealkylation sites (tertiary alicyclic amines) is 1. The molecule has 0 aromatic rings. The van der Waals surface area contributed by atoms with E-state index in [9.17, 15) is 14.7 Å². The van der Waals surface area contributed by atoms with Crippen LogP contribution in [-0.4, -0.2) is 53.0 Å². The molecule has 1 N–H and O–H groups in total. The van der Waals surface area contributed by atoms with Gasteiger partial charge in [0.1, 0.15) is 5.60 Å². The molecule has 0 aromatic heterocycles. The number of amides is 1. The lowest BCUT2D eigenvalue weighted by molar-refractivity contribution is -0.155. The summed E-state index contributed by atoms with van der Waals surface area (Å²) in [6.45, 7) is 8.20. The van der Waals surface area contributed by atoms with Crippen LogP contribution in [0.25, 0.3) is 0 Å². The van der Waals surface area contributed by atoms with E-state index in [0.29, 0.717) is 25.8 Å². The Bertz CT molecular complexity index is 458. The highest BCUT2D eigenvalue weighted by atomic mass is 16.6. The van der Waals surface area contributed by atoms with Crippen molar-refractivity contribution in [3.8, 4) is 0 Å². The topological polar surface area (TPSA) is 76.1 Å². The van der Waals surface area contributed by atoms with E-state index >= 15 is 0 Å². The predicted molar refractivity (Wildman–Crippen MR) is 85.3 cm³/mol. The Kier molecular flexibility index (Phi) is 5.23. The average Bonchev–Trinajstić information content (AvgIpc) is 2.82. The molecule has 0 saturated carbocycles. The maximum Gasteiger partial charge on any atom is 0.410 e. The van der Waals surface area contributed by atoms with Crippen LogP contribution >= 0.6 is 0 Å². The second-order valence-corrected chi connectivity index (χ2v) is 7.94. The van der Waals surface area contributed by atoms with Crippen molar-refractivity contribution in [1.82, 2.24) is 4.90 Å². The fourth-order valence-electron chi connectivity index (χ4n) is 3.51. The zero-order valence-corrected chi connectivity index (χ0v) is 14.6. The van der Waals surface area contributed by atoms with E-state index < -0.39 is 23.1 Å². The Hall–Kier alpha value is -1.30. The summed E-state index contributed by atoms with van der Waals surface area (Å²) in [5.74, 6) is -0.839. The van der Waals surface area contributed by atoms with Gasteiger partial charge >= 0.3 is 12.1 Å². The van der Waals surface area contributed by atoms with Crippen molar-refractivity contribution in [2.24, 2.45) is 5.41 Å². The maximum absolute atomic E-state index is 12.3. The third-order valence-electron chi connectivity index (χ3n) is 4.62. The van der Waals surface area contributed by atoms with Crippen LogP contribution in [-0.2, 0) is 14.3 Å². The first-order valence-electron chi connectivity index (χ1n) is 8.48. The lowest BCUT2D eigenvalue weighted by atomic mass is 9.75. The summed E-state index contributed by atoms with van der Waals surface area (Å²) in [6, 6.07) is 0. The number of carbonyl (C=O) groups is 2. The highest BCUT2D eigenvalue weighted by Gasteiger charge is 2.46. The summed E-state index contributed by atoms with van der Waals surface area (Å²) < 4.78 is 11.2. The third kappa shape index (κ3) is 4.59. The zero-order valence-electron chi connectivity index (χ0n) is 14.6. The van der Waals surface area contributed by atoms with Gasteiger partial charge in [-0.3, -0.25) is 4.79 Å². The molecule has 132 valence electrons. The van der Waals surface area contributed by atoms with E-state index in [4.69, 9.17) is 9.47 Å². The number of nitrogens with zero attached hydrogens (tertiary/aromatic N) is 1. The molecule has 2 fully saturated rings. The maximum atomic E-state index is 12.3.